The molecule has 0 unspecified atom stereocenters. The lowest BCUT2D eigenvalue weighted by atomic mass is 9.96. The molecule has 0 aliphatic carbocycles. The Morgan fingerprint density at radius 2 is 1.64 bits per heavy atom. The van der Waals surface area contributed by atoms with Gasteiger partial charge in [0.1, 0.15) is 11.5 Å². The van der Waals surface area contributed by atoms with E-state index in [-0.39, 0.29) is 12.3 Å². The summed E-state index contributed by atoms with van der Waals surface area (Å²) >= 11 is 0. The van der Waals surface area contributed by atoms with Crippen LogP contribution in [0.25, 0.3) is 0 Å². The van der Waals surface area contributed by atoms with Gasteiger partial charge in [-0.15, -0.1) is 0 Å². The summed E-state index contributed by atoms with van der Waals surface area (Å²) in [5.74, 6) is 1.76. The number of benzene rings is 3. The van der Waals surface area contributed by atoms with Crippen molar-refractivity contribution in [2.24, 2.45) is 5.10 Å². The van der Waals surface area contributed by atoms with Crippen LogP contribution in [-0.2, 0) is 0 Å². The van der Waals surface area contributed by atoms with Crippen molar-refractivity contribution in [3.8, 4) is 11.5 Å². The maximum atomic E-state index is 6.44. The third kappa shape index (κ3) is 2.82. The van der Waals surface area contributed by atoms with Crippen molar-refractivity contribution in [3.05, 3.63) is 95.6 Å². The van der Waals surface area contributed by atoms with Gasteiger partial charge in [-0.3, -0.25) is 0 Å². The third-order valence-electron chi connectivity index (χ3n) is 5.29. The Bertz CT molecular complexity index is 1020. The maximum absolute atomic E-state index is 6.44. The smallest absolute Gasteiger partial charge is 0.217 e. The number of hydrogen-bond acceptors (Lipinski definition) is 4. The second-order valence-corrected chi connectivity index (χ2v) is 6.99. The van der Waals surface area contributed by atoms with E-state index in [1.807, 2.05) is 43.3 Å². The van der Waals surface area contributed by atoms with E-state index >= 15 is 0 Å². The minimum absolute atomic E-state index is 0.153. The zero-order valence-electron chi connectivity index (χ0n) is 15.8. The molecule has 2 aliphatic heterocycles. The molecular weight excluding hydrogens is 348 g/mol. The van der Waals surface area contributed by atoms with Crippen LogP contribution in [0.1, 0.15) is 42.3 Å². The molecule has 0 aromatic heterocycles. The first-order chi connectivity index (χ1) is 13.8. The van der Waals surface area contributed by atoms with Gasteiger partial charge >= 0.3 is 0 Å². The van der Waals surface area contributed by atoms with E-state index in [4.69, 9.17) is 14.6 Å². The highest BCUT2D eigenvalue weighted by molar-refractivity contribution is 6.01. The molecule has 3 aromatic carbocycles. The van der Waals surface area contributed by atoms with Gasteiger partial charge in [0.2, 0.25) is 6.23 Å². The van der Waals surface area contributed by atoms with Gasteiger partial charge < -0.3 is 9.47 Å². The summed E-state index contributed by atoms with van der Waals surface area (Å²) in [7, 11) is 0. The summed E-state index contributed by atoms with van der Waals surface area (Å²) < 4.78 is 12.3. The van der Waals surface area contributed by atoms with Gasteiger partial charge in [-0.05, 0) is 30.7 Å². The van der Waals surface area contributed by atoms with Crippen molar-refractivity contribution < 1.29 is 9.47 Å². The van der Waals surface area contributed by atoms with Crippen LogP contribution >= 0.6 is 0 Å². The SMILES string of the molecule is CCOc1ccccc1[C@@H]1Oc2ccccc2[C@H]2CC(c3ccccc3)=NN21. The molecule has 5 rings (SSSR count). The fourth-order valence-electron chi connectivity index (χ4n) is 4.02. The van der Waals surface area contributed by atoms with Gasteiger partial charge in [0.15, 0.2) is 0 Å². The van der Waals surface area contributed by atoms with Gasteiger partial charge in [0.25, 0.3) is 0 Å². The molecule has 0 bridgehead atoms. The largest absolute Gasteiger partial charge is 0.493 e. The highest BCUT2D eigenvalue weighted by atomic mass is 16.5. The zero-order chi connectivity index (χ0) is 18.9. The van der Waals surface area contributed by atoms with Crippen molar-refractivity contribution in [2.45, 2.75) is 25.6 Å². The molecule has 0 radical (unpaired) electrons. The van der Waals surface area contributed by atoms with Gasteiger partial charge in [-0.25, -0.2) is 5.01 Å². The normalized spacial score (nSPS) is 20.0. The molecular formula is C24H22N2O2. The summed E-state index contributed by atoms with van der Waals surface area (Å²) in [6.07, 6.45) is 0.543. The Balaban J connectivity index is 1.61. The van der Waals surface area contributed by atoms with Crippen molar-refractivity contribution in [1.29, 1.82) is 0 Å². The average molecular weight is 370 g/mol. The predicted octanol–water partition coefficient (Wildman–Crippen LogP) is 5.33. The predicted molar refractivity (Wildman–Crippen MR) is 110 cm³/mol. The van der Waals surface area contributed by atoms with E-state index in [9.17, 15) is 0 Å². The molecule has 4 nitrogen and oxygen atoms in total. The Morgan fingerprint density at radius 1 is 0.929 bits per heavy atom. The van der Waals surface area contributed by atoms with Crippen LogP contribution in [0, 0.1) is 0 Å². The maximum Gasteiger partial charge on any atom is 0.217 e. The van der Waals surface area contributed by atoms with Crippen molar-refractivity contribution in [2.75, 3.05) is 6.61 Å². The van der Waals surface area contributed by atoms with E-state index < -0.39 is 0 Å². The second-order valence-electron chi connectivity index (χ2n) is 6.99. The van der Waals surface area contributed by atoms with E-state index in [0.29, 0.717) is 6.61 Å². The quantitative estimate of drug-likeness (QED) is 0.623. The van der Waals surface area contributed by atoms with Crippen molar-refractivity contribution in [1.82, 2.24) is 5.01 Å². The molecule has 28 heavy (non-hydrogen) atoms. The lowest BCUT2D eigenvalue weighted by Gasteiger charge is -2.38. The van der Waals surface area contributed by atoms with Crippen LogP contribution in [0.4, 0.5) is 0 Å². The zero-order valence-corrected chi connectivity index (χ0v) is 15.8. The Hall–Kier alpha value is -3.27. The Kier molecular flexibility index (Phi) is 4.24. The second kappa shape index (κ2) is 7.04. The fourth-order valence-corrected chi connectivity index (χ4v) is 4.02. The number of ether oxygens (including phenoxy) is 2. The first-order valence-corrected chi connectivity index (χ1v) is 9.73. The standard InChI is InChI=1S/C24H22N2O2/c1-2-27-22-14-8-7-13-19(22)24-26-21(18-12-6-9-15-23(18)28-24)16-20(25-26)17-10-4-3-5-11-17/h3-15,21,24H,2,16H2,1H3/t21-,24+/m1/s1. The van der Waals surface area contributed by atoms with Crippen LogP contribution in [0.5, 0.6) is 11.5 Å². The Labute approximate surface area is 165 Å². The van der Waals surface area contributed by atoms with E-state index in [1.54, 1.807) is 0 Å². The lowest BCUT2D eigenvalue weighted by Crippen LogP contribution is -2.34. The van der Waals surface area contributed by atoms with E-state index in [0.717, 1.165) is 34.8 Å². The summed E-state index contributed by atoms with van der Waals surface area (Å²) in [5, 5.41) is 7.11. The van der Waals surface area contributed by atoms with Crippen LogP contribution in [0.3, 0.4) is 0 Å². The topological polar surface area (TPSA) is 34.1 Å². The molecule has 2 aliphatic rings. The molecule has 0 fully saturated rings. The van der Waals surface area contributed by atoms with Crippen LogP contribution in [0.2, 0.25) is 0 Å². The number of hydrogen-bond donors (Lipinski definition) is 0. The monoisotopic (exact) mass is 370 g/mol. The number of nitrogens with zero attached hydrogens (tertiary/aromatic N) is 2. The number of fused-ring (bicyclic) bond motifs is 3. The number of hydrazone groups is 1. The molecule has 0 N–H and O–H groups in total. The minimum Gasteiger partial charge on any atom is -0.493 e. The van der Waals surface area contributed by atoms with Gasteiger partial charge in [-0.1, -0.05) is 60.7 Å². The summed E-state index contributed by atoms with van der Waals surface area (Å²) in [6.45, 7) is 2.61. The van der Waals surface area contributed by atoms with E-state index in [2.05, 4.69) is 47.5 Å². The van der Waals surface area contributed by atoms with E-state index in [1.165, 1.54) is 5.56 Å². The highest BCUT2D eigenvalue weighted by Crippen LogP contribution is 2.48. The van der Waals surface area contributed by atoms with Crippen LogP contribution in [-0.4, -0.2) is 17.3 Å². The Morgan fingerprint density at radius 3 is 2.46 bits per heavy atom. The van der Waals surface area contributed by atoms with Gasteiger partial charge in [-0.2, -0.15) is 5.10 Å². The molecule has 140 valence electrons. The molecule has 2 atom stereocenters. The molecule has 3 aromatic rings. The van der Waals surface area contributed by atoms with Gasteiger partial charge in [0.05, 0.1) is 23.9 Å². The average Bonchev–Trinajstić information content (AvgIpc) is 3.20. The van der Waals surface area contributed by atoms with Crippen molar-refractivity contribution >= 4 is 5.71 Å². The molecule has 2 heterocycles. The molecule has 0 saturated heterocycles. The number of rotatable bonds is 4. The minimum atomic E-state index is -0.316. The lowest BCUT2D eigenvalue weighted by molar-refractivity contribution is -0.0205. The van der Waals surface area contributed by atoms with Gasteiger partial charge in [0, 0.05) is 12.0 Å². The van der Waals surface area contributed by atoms with Crippen LogP contribution in [0.15, 0.2) is 84.0 Å². The first-order valence-electron chi connectivity index (χ1n) is 9.73. The summed E-state index contributed by atoms with van der Waals surface area (Å²) in [4.78, 5) is 0. The summed E-state index contributed by atoms with van der Waals surface area (Å²) in [5.41, 5.74) is 4.43. The van der Waals surface area contributed by atoms with Crippen LogP contribution < -0.4 is 9.47 Å². The molecule has 0 spiro atoms. The first kappa shape index (κ1) is 16.9. The highest BCUT2D eigenvalue weighted by Gasteiger charge is 2.41. The molecule has 0 saturated carbocycles. The fraction of sp³-hybridized carbons (Fsp3) is 0.208. The third-order valence-corrected chi connectivity index (χ3v) is 5.29. The van der Waals surface area contributed by atoms with Crippen molar-refractivity contribution in [3.63, 3.8) is 0 Å². The molecule has 0 amide bonds. The summed E-state index contributed by atoms with van der Waals surface area (Å²) in [6, 6.07) is 26.9. The molecule has 4 heteroatoms. The number of para-hydroxylation sites is 2.